The van der Waals surface area contributed by atoms with Crippen LogP contribution >= 0.6 is 0 Å². The van der Waals surface area contributed by atoms with Gasteiger partial charge in [-0.05, 0) is 44.5 Å². The molecule has 1 amide bonds. The number of hydrogen-bond donors (Lipinski definition) is 0. The van der Waals surface area contributed by atoms with Gasteiger partial charge in [0.25, 0.3) is 11.5 Å². The molecule has 0 saturated carbocycles. The van der Waals surface area contributed by atoms with Crippen LogP contribution in [0.15, 0.2) is 60.7 Å². The van der Waals surface area contributed by atoms with Gasteiger partial charge < -0.3 is 14.4 Å². The zero-order valence-electron chi connectivity index (χ0n) is 16.9. The molecule has 0 N–H and O–H groups in total. The molecule has 1 aliphatic heterocycles. The lowest BCUT2D eigenvalue weighted by atomic mass is 9.88. The molecular weight excluding hydrogens is 387 g/mol. The molecule has 0 spiro atoms. The van der Waals surface area contributed by atoms with E-state index in [9.17, 15) is 19.2 Å². The van der Waals surface area contributed by atoms with Crippen LogP contribution in [0.2, 0.25) is 0 Å². The van der Waals surface area contributed by atoms with Crippen LogP contribution in [-0.4, -0.2) is 17.7 Å². The molecular formula is C23H21FN2O4. The van der Waals surface area contributed by atoms with Crippen molar-refractivity contribution < 1.29 is 23.5 Å². The second-order valence-corrected chi connectivity index (χ2v) is 7.88. The molecule has 154 valence electrons. The molecule has 1 atom stereocenters. The summed E-state index contributed by atoms with van der Waals surface area (Å²) < 4.78 is 24.8. The molecule has 2 aromatic carbocycles. The third kappa shape index (κ3) is 3.77. The number of anilines is 1. The van der Waals surface area contributed by atoms with Gasteiger partial charge >= 0.3 is 6.16 Å². The summed E-state index contributed by atoms with van der Waals surface area (Å²) in [5.74, 6) is -1.37. The van der Waals surface area contributed by atoms with Crippen molar-refractivity contribution in [2.75, 3.05) is 4.90 Å². The van der Waals surface area contributed by atoms with E-state index in [0.717, 1.165) is 11.6 Å². The van der Waals surface area contributed by atoms with Crippen molar-refractivity contribution in [2.45, 2.75) is 38.5 Å². The first-order valence-corrected chi connectivity index (χ1v) is 9.26. The predicted molar refractivity (Wildman–Crippen MR) is 108 cm³/mol. The number of nitriles is 1. The first-order valence-electron chi connectivity index (χ1n) is 9.26. The lowest BCUT2D eigenvalue weighted by molar-refractivity contribution is -0.137. The molecule has 0 bridgehead atoms. The maximum absolute atomic E-state index is 14.1. The fourth-order valence-electron chi connectivity index (χ4n) is 3.29. The van der Waals surface area contributed by atoms with Crippen LogP contribution in [-0.2, 0) is 26.4 Å². The first kappa shape index (κ1) is 21.1. The summed E-state index contributed by atoms with van der Waals surface area (Å²) in [5, 5.41) is 9.55. The van der Waals surface area contributed by atoms with Crippen LogP contribution in [0.3, 0.4) is 0 Å². The van der Waals surface area contributed by atoms with E-state index in [4.69, 9.17) is 9.47 Å². The highest BCUT2D eigenvalue weighted by atomic mass is 19.1. The van der Waals surface area contributed by atoms with Gasteiger partial charge in [-0.25, -0.2) is 9.18 Å². The fraction of sp³-hybridized carbons (Fsp3) is 0.261. The normalized spacial score (nSPS) is 17.8. The maximum Gasteiger partial charge on any atom is 0.510 e. The summed E-state index contributed by atoms with van der Waals surface area (Å²) >= 11 is 0. The minimum atomic E-state index is -2.21. The van der Waals surface area contributed by atoms with Crippen molar-refractivity contribution >= 4 is 17.7 Å². The van der Waals surface area contributed by atoms with Crippen LogP contribution in [0.25, 0.3) is 0 Å². The molecule has 3 rings (SSSR count). The van der Waals surface area contributed by atoms with Gasteiger partial charge in [0.1, 0.15) is 11.4 Å². The van der Waals surface area contributed by atoms with E-state index in [2.05, 4.69) is 6.58 Å². The van der Waals surface area contributed by atoms with E-state index in [1.165, 1.54) is 17.0 Å². The van der Waals surface area contributed by atoms with Gasteiger partial charge in [-0.15, -0.1) is 0 Å². The summed E-state index contributed by atoms with van der Waals surface area (Å²) in [6.07, 6.45) is -1.16. The van der Waals surface area contributed by atoms with Gasteiger partial charge in [-0.2, -0.15) is 5.26 Å². The molecule has 30 heavy (non-hydrogen) atoms. The van der Waals surface area contributed by atoms with Gasteiger partial charge in [0.05, 0.1) is 23.9 Å². The van der Waals surface area contributed by atoms with Gasteiger partial charge in [-0.1, -0.05) is 36.9 Å². The quantitative estimate of drug-likeness (QED) is 0.546. The Balaban J connectivity index is 2.13. The number of benzene rings is 2. The van der Waals surface area contributed by atoms with Gasteiger partial charge in [0.2, 0.25) is 0 Å². The number of hydrogen-bond acceptors (Lipinski definition) is 5. The standard InChI is InChI=1S/C23H21FN2O4/c1-15(13-25)23(30-21(28)29-22(2,3)4)18-12-17(24)10-11-19(18)26(20(23)27)14-16-8-6-5-7-9-16/h5-12H,1,14H2,2-4H3. The molecule has 6 nitrogen and oxygen atoms in total. The van der Waals surface area contributed by atoms with E-state index < -0.39 is 29.1 Å². The van der Waals surface area contributed by atoms with Crippen molar-refractivity contribution in [1.29, 1.82) is 5.26 Å². The minimum Gasteiger partial charge on any atom is -0.429 e. The molecule has 0 aliphatic carbocycles. The topological polar surface area (TPSA) is 79.6 Å². The Bertz CT molecular complexity index is 1050. The van der Waals surface area contributed by atoms with Crippen molar-refractivity contribution in [3.63, 3.8) is 0 Å². The average Bonchev–Trinajstić information content (AvgIpc) is 2.89. The number of nitrogens with zero attached hydrogens (tertiary/aromatic N) is 2. The zero-order valence-corrected chi connectivity index (χ0v) is 16.9. The molecule has 1 heterocycles. The van der Waals surface area contributed by atoms with Crippen LogP contribution < -0.4 is 4.90 Å². The summed E-state index contributed by atoms with van der Waals surface area (Å²) in [6.45, 7) is 8.66. The third-order valence-electron chi connectivity index (χ3n) is 4.54. The average molecular weight is 408 g/mol. The minimum absolute atomic E-state index is 0.0286. The van der Waals surface area contributed by atoms with E-state index >= 15 is 0 Å². The zero-order chi connectivity index (χ0) is 22.1. The Hall–Kier alpha value is -3.66. The van der Waals surface area contributed by atoms with Gasteiger partial charge in [0, 0.05) is 5.56 Å². The Kier molecular flexibility index (Phi) is 5.36. The molecule has 0 radical (unpaired) electrons. The van der Waals surface area contributed by atoms with Crippen molar-refractivity contribution in [1.82, 2.24) is 0 Å². The van der Waals surface area contributed by atoms with E-state index in [0.29, 0.717) is 5.69 Å². The highest BCUT2D eigenvalue weighted by molar-refractivity contribution is 6.10. The molecule has 0 aromatic heterocycles. The molecule has 7 heteroatoms. The molecule has 1 aliphatic rings. The molecule has 0 fully saturated rings. The molecule has 1 unspecified atom stereocenters. The summed E-state index contributed by atoms with van der Waals surface area (Å²) in [6, 6.07) is 14.6. The van der Waals surface area contributed by atoms with Crippen LogP contribution in [0, 0.1) is 17.1 Å². The van der Waals surface area contributed by atoms with E-state index in [1.54, 1.807) is 26.8 Å². The monoisotopic (exact) mass is 408 g/mol. The highest BCUT2D eigenvalue weighted by Crippen LogP contribution is 2.48. The maximum atomic E-state index is 14.1. The Morgan fingerprint density at radius 3 is 2.50 bits per heavy atom. The summed E-state index contributed by atoms with van der Waals surface area (Å²) in [4.78, 5) is 27.4. The summed E-state index contributed by atoms with van der Waals surface area (Å²) in [5.41, 5.74) is -2.30. The smallest absolute Gasteiger partial charge is 0.429 e. The van der Waals surface area contributed by atoms with Crippen LogP contribution in [0.5, 0.6) is 0 Å². The number of carbonyl (C=O) groups excluding carboxylic acids is 2. The van der Waals surface area contributed by atoms with Crippen LogP contribution in [0.1, 0.15) is 31.9 Å². The van der Waals surface area contributed by atoms with Crippen LogP contribution in [0.4, 0.5) is 14.9 Å². The number of amides is 1. The number of halogens is 1. The van der Waals surface area contributed by atoms with E-state index in [-0.39, 0.29) is 17.7 Å². The Morgan fingerprint density at radius 2 is 1.90 bits per heavy atom. The highest BCUT2D eigenvalue weighted by Gasteiger charge is 2.57. The Morgan fingerprint density at radius 1 is 1.23 bits per heavy atom. The number of ether oxygens (including phenoxy) is 2. The largest absolute Gasteiger partial charge is 0.510 e. The van der Waals surface area contributed by atoms with Gasteiger partial charge in [0.15, 0.2) is 0 Å². The lowest BCUT2D eigenvalue weighted by Gasteiger charge is -2.29. The van der Waals surface area contributed by atoms with E-state index in [1.807, 2.05) is 30.3 Å². The number of rotatable bonds is 4. The summed E-state index contributed by atoms with van der Waals surface area (Å²) in [7, 11) is 0. The third-order valence-corrected chi connectivity index (χ3v) is 4.54. The van der Waals surface area contributed by atoms with Gasteiger partial charge in [-0.3, -0.25) is 4.79 Å². The lowest BCUT2D eigenvalue weighted by Crippen LogP contribution is -2.45. The number of fused-ring (bicyclic) bond motifs is 1. The Labute approximate surface area is 174 Å². The van der Waals surface area contributed by atoms with Crippen molar-refractivity contribution in [3.05, 3.63) is 77.6 Å². The SMILES string of the molecule is C=C(C#N)C1(OC(=O)OC(C)(C)C)C(=O)N(Cc2ccccc2)c2ccc(F)cc21. The predicted octanol–water partition coefficient (Wildman–Crippen LogP) is 4.60. The second kappa shape index (κ2) is 7.64. The van der Waals surface area contributed by atoms with Crippen molar-refractivity contribution in [2.24, 2.45) is 0 Å². The second-order valence-electron chi connectivity index (χ2n) is 7.88. The number of carbonyl (C=O) groups is 2. The molecule has 2 aromatic rings. The first-order chi connectivity index (χ1) is 14.1. The fourth-order valence-corrected chi connectivity index (χ4v) is 3.29. The van der Waals surface area contributed by atoms with Crippen molar-refractivity contribution in [3.8, 4) is 6.07 Å². The molecule has 0 saturated heterocycles.